The van der Waals surface area contributed by atoms with Crippen molar-refractivity contribution < 1.29 is 9.32 Å². The van der Waals surface area contributed by atoms with E-state index < -0.39 is 5.91 Å². The highest BCUT2D eigenvalue weighted by atomic mass is 16.5. The maximum atomic E-state index is 11.1. The average molecular weight is 212 g/mol. The molecule has 1 amide bonds. The summed E-state index contributed by atoms with van der Waals surface area (Å²) in [6, 6.07) is 1.60. The van der Waals surface area contributed by atoms with Gasteiger partial charge in [-0.05, 0) is 13.1 Å². The first-order valence-electron chi connectivity index (χ1n) is 4.90. The van der Waals surface area contributed by atoms with Crippen molar-refractivity contribution in [3.8, 4) is 0 Å². The van der Waals surface area contributed by atoms with Gasteiger partial charge in [0.25, 0.3) is 5.91 Å². The Morgan fingerprint density at radius 1 is 1.60 bits per heavy atom. The van der Waals surface area contributed by atoms with E-state index in [2.05, 4.69) is 23.9 Å². The van der Waals surface area contributed by atoms with Crippen LogP contribution >= 0.6 is 0 Å². The number of nitrogens with zero attached hydrogens (tertiary/aromatic N) is 2. The second-order valence-electron chi connectivity index (χ2n) is 3.11. The van der Waals surface area contributed by atoms with Gasteiger partial charge in [-0.15, -0.1) is 0 Å². The van der Waals surface area contributed by atoms with Crippen molar-refractivity contribution in [1.82, 2.24) is 15.5 Å². The van der Waals surface area contributed by atoms with E-state index in [0.29, 0.717) is 12.3 Å². The van der Waals surface area contributed by atoms with E-state index in [9.17, 15) is 4.79 Å². The molecular weight excluding hydrogens is 196 g/mol. The quantitative estimate of drug-likeness (QED) is 0.411. The summed E-state index contributed by atoms with van der Waals surface area (Å²) in [6.45, 7) is 6.63. The number of hydrazine groups is 1. The van der Waals surface area contributed by atoms with Crippen molar-refractivity contribution in [1.29, 1.82) is 0 Å². The van der Waals surface area contributed by atoms with E-state index in [1.807, 2.05) is 5.43 Å². The Morgan fingerprint density at radius 3 is 2.80 bits per heavy atom. The van der Waals surface area contributed by atoms with E-state index in [0.717, 1.165) is 13.1 Å². The third-order valence-electron chi connectivity index (χ3n) is 2.20. The highest BCUT2D eigenvalue weighted by Crippen LogP contribution is 2.06. The standard InChI is InChI=1S/C9H16N4O2/c1-3-13(4-2)6-7-5-8(12-15-7)9(14)11-10/h5H,3-4,6,10H2,1-2H3,(H,11,14). The van der Waals surface area contributed by atoms with Gasteiger partial charge < -0.3 is 4.52 Å². The fourth-order valence-electron chi connectivity index (χ4n) is 1.24. The van der Waals surface area contributed by atoms with E-state index in [1.165, 1.54) is 0 Å². The molecule has 3 N–H and O–H groups in total. The van der Waals surface area contributed by atoms with Gasteiger partial charge in [0, 0.05) is 6.07 Å². The van der Waals surface area contributed by atoms with E-state index >= 15 is 0 Å². The molecule has 0 radical (unpaired) electrons. The van der Waals surface area contributed by atoms with Gasteiger partial charge in [0.2, 0.25) is 0 Å². The van der Waals surface area contributed by atoms with Crippen molar-refractivity contribution in [3.05, 3.63) is 17.5 Å². The minimum absolute atomic E-state index is 0.208. The zero-order valence-corrected chi connectivity index (χ0v) is 8.99. The monoisotopic (exact) mass is 212 g/mol. The number of carbonyl (C=O) groups is 1. The fraction of sp³-hybridized carbons (Fsp3) is 0.556. The Hall–Kier alpha value is -1.40. The Bertz CT molecular complexity index is 320. The molecule has 0 saturated carbocycles. The molecule has 0 saturated heterocycles. The molecule has 1 aromatic heterocycles. The second kappa shape index (κ2) is 5.47. The van der Waals surface area contributed by atoms with Crippen molar-refractivity contribution in [3.63, 3.8) is 0 Å². The first-order chi connectivity index (χ1) is 7.21. The largest absolute Gasteiger partial charge is 0.359 e. The lowest BCUT2D eigenvalue weighted by Gasteiger charge is -2.14. The molecule has 6 heteroatoms. The summed E-state index contributed by atoms with van der Waals surface area (Å²) in [4.78, 5) is 13.2. The van der Waals surface area contributed by atoms with Crippen LogP contribution in [0.2, 0.25) is 0 Å². The van der Waals surface area contributed by atoms with E-state index in [-0.39, 0.29) is 5.69 Å². The van der Waals surface area contributed by atoms with Gasteiger partial charge in [-0.1, -0.05) is 19.0 Å². The number of aromatic nitrogens is 1. The van der Waals surface area contributed by atoms with Gasteiger partial charge >= 0.3 is 0 Å². The lowest BCUT2D eigenvalue weighted by atomic mass is 10.3. The summed E-state index contributed by atoms with van der Waals surface area (Å²) < 4.78 is 5.01. The van der Waals surface area contributed by atoms with Crippen LogP contribution in [0.15, 0.2) is 10.6 Å². The summed E-state index contributed by atoms with van der Waals surface area (Å²) in [6.07, 6.45) is 0. The zero-order chi connectivity index (χ0) is 11.3. The number of nitrogens with one attached hydrogen (secondary N) is 1. The average Bonchev–Trinajstić information content (AvgIpc) is 2.73. The molecule has 1 aromatic rings. The maximum Gasteiger partial charge on any atom is 0.287 e. The summed E-state index contributed by atoms with van der Waals surface area (Å²) in [5.74, 6) is 5.20. The summed E-state index contributed by atoms with van der Waals surface area (Å²) in [7, 11) is 0. The van der Waals surface area contributed by atoms with Gasteiger partial charge in [-0.25, -0.2) is 5.84 Å². The number of amides is 1. The molecule has 0 aromatic carbocycles. The van der Waals surface area contributed by atoms with Gasteiger partial charge in [-0.3, -0.25) is 15.1 Å². The molecule has 0 aliphatic carbocycles. The molecule has 0 unspecified atom stereocenters. The van der Waals surface area contributed by atoms with Crippen LogP contribution in [0.3, 0.4) is 0 Å². The second-order valence-corrected chi connectivity index (χ2v) is 3.11. The third kappa shape index (κ3) is 3.03. The van der Waals surface area contributed by atoms with Crippen molar-refractivity contribution >= 4 is 5.91 Å². The predicted molar refractivity (Wildman–Crippen MR) is 54.8 cm³/mol. The molecule has 1 heterocycles. The summed E-state index contributed by atoms with van der Waals surface area (Å²) >= 11 is 0. The van der Waals surface area contributed by atoms with Crippen molar-refractivity contribution in [2.45, 2.75) is 20.4 Å². The summed E-state index contributed by atoms with van der Waals surface area (Å²) in [5, 5.41) is 3.61. The topological polar surface area (TPSA) is 84.4 Å². The normalized spacial score (nSPS) is 10.7. The van der Waals surface area contributed by atoms with Crippen LogP contribution in [0.1, 0.15) is 30.1 Å². The molecule has 0 atom stereocenters. The molecule has 1 rings (SSSR count). The fourth-order valence-corrected chi connectivity index (χ4v) is 1.24. The molecule has 6 nitrogen and oxygen atoms in total. The van der Waals surface area contributed by atoms with Crippen LogP contribution in [0.5, 0.6) is 0 Å². The predicted octanol–water partition coefficient (Wildman–Crippen LogP) is 0.120. The summed E-state index contributed by atoms with van der Waals surface area (Å²) in [5.41, 5.74) is 2.21. The number of hydrogen-bond acceptors (Lipinski definition) is 5. The number of hydrogen-bond donors (Lipinski definition) is 2. The highest BCUT2D eigenvalue weighted by Gasteiger charge is 2.12. The van der Waals surface area contributed by atoms with E-state index in [4.69, 9.17) is 10.4 Å². The molecule has 0 bridgehead atoms. The van der Waals surface area contributed by atoms with Gasteiger partial charge in [-0.2, -0.15) is 0 Å². The molecule has 84 valence electrons. The Morgan fingerprint density at radius 2 is 2.27 bits per heavy atom. The third-order valence-corrected chi connectivity index (χ3v) is 2.20. The Balaban J connectivity index is 2.63. The Labute approximate surface area is 88.4 Å². The zero-order valence-electron chi connectivity index (χ0n) is 8.99. The van der Waals surface area contributed by atoms with Crippen molar-refractivity contribution in [2.75, 3.05) is 13.1 Å². The highest BCUT2D eigenvalue weighted by molar-refractivity contribution is 5.91. The lowest BCUT2D eigenvalue weighted by Crippen LogP contribution is -2.30. The van der Waals surface area contributed by atoms with Crippen LogP contribution in [0, 0.1) is 0 Å². The molecular formula is C9H16N4O2. The minimum atomic E-state index is -0.440. The molecule has 15 heavy (non-hydrogen) atoms. The Kier molecular flexibility index (Phi) is 4.26. The maximum absolute atomic E-state index is 11.1. The number of rotatable bonds is 5. The lowest BCUT2D eigenvalue weighted by molar-refractivity contribution is 0.0944. The molecule has 0 aliphatic rings. The van der Waals surface area contributed by atoms with Gasteiger partial charge in [0.05, 0.1) is 6.54 Å². The molecule has 0 fully saturated rings. The van der Waals surface area contributed by atoms with Crippen molar-refractivity contribution in [2.24, 2.45) is 5.84 Å². The van der Waals surface area contributed by atoms with Crippen LogP contribution in [0.25, 0.3) is 0 Å². The first-order valence-corrected chi connectivity index (χ1v) is 4.90. The van der Waals surface area contributed by atoms with Crippen LogP contribution in [0.4, 0.5) is 0 Å². The van der Waals surface area contributed by atoms with Gasteiger partial charge in [0.1, 0.15) is 0 Å². The molecule has 0 aliphatic heterocycles. The minimum Gasteiger partial charge on any atom is -0.359 e. The smallest absolute Gasteiger partial charge is 0.287 e. The molecule has 0 spiro atoms. The van der Waals surface area contributed by atoms with E-state index in [1.54, 1.807) is 6.07 Å². The number of carbonyl (C=O) groups excluding carboxylic acids is 1. The van der Waals surface area contributed by atoms with Crippen LogP contribution in [-0.4, -0.2) is 29.1 Å². The number of nitrogen functional groups attached to an aromatic ring is 1. The SMILES string of the molecule is CCN(CC)Cc1cc(C(=O)NN)no1. The van der Waals surface area contributed by atoms with Crippen LogP contribution in [-0.2, 0) is 6.54 Å². The van der Waals surface area contributed by atoms with Crippen LogP contribution < -0.4 is 11.3 Å². The first kappa shape index (κ1) is 11.7. The number of nitrogens with two attached hydrogens (primary N) is 1. The van der Waals surface area contributed by atoms with Gasteiger partial charge in [0.15, 0.2) is 11.5 Å².